The van der Waals surface area contributed by atoms with Crippen LogP contribution in [0.2, 0.25) is 0 Å². The molecule has 5 nitrogen and oxygen atoms in total. The van der Waals surface area contributed by atoms with Crippen molar-refractivity contribution in [1.29, 1.82) is 5.26 Å². The predicted octanol–water partition coefficient (Wildman–Crippen LogP) is 4.87. The van der Waals surface area contributed by atoms with Gasteiger partial charge in [-0.1, -0.05) is 0 Å². The van der Waals surface area contributed by atoms with E-state index in [2.05, 4.69) is 15.4 Å². The second-order valence-corrected chi connectivity index (χ2v) is 7.94. The monoisotopic (exact) mass is 374 g/mol. The number of nitrogens with zero attached hydrogens (tertiary/aromatic N) is 4. The van der Waals surface area contributed by atoms with Crippen molar-refractivity contribution in [2.45, 2.75) is 31.6 Å². The normalized spacial score (nSPS) is 15.2. The van der Waals surface area contributed by atoms with Crippen molar-refractivity contribution in [3.8, 4) is 16.9 Å². The van der Waals surface area contributed by atoms with Gasteiger partial charge in [0.2, 0.25) is 5.06 Å². The summed E-state index contributed by atoms with van der Waals surface area (Å²) >= 11 is 7.61. The van der Waals surface area contributed by atoms with E-state index >= 15 is 0 Å². The number of aromatic nitrogens is 1. The van der Waals surface area contributed by atoms with Gasteiger partial charge in [-0.15, -0.1) is 11.6 Å². The Morgan fingerprint density at radius 3 is 2.68 bits per heavy atom. The SMILES string of the molecule is Cc1cc(Oc2snc(C3(Cl)CC3)c2C#N)c(C)cc1N=CN(C)C. The quantitative estimate of drug-likeness (QED) is 0.425. The van der Waals surface area contributed by atoms with E-state index in [0.29, 0.717) is 22.1 Å². The molecule has 2 aromatic rings. The van der Waals surface area contributed by atoms with Gasteiger partial charge in [0, 0.05) is 25.6 Å². The van der Waals surface area contributed by atoms with Crippen LogP contribution in [-0.4, -0.2) is 29.7 Å². The van der Waals surface area contributed by atoms with Crippen LogP contribution in [0.15, 0.2) is 17.1 Å². The van der Waals surface area contributed by atoms with Crippen LogP contribution in [0.3, 0.4) is 0 Å². The van der Waals surface area contributed by atoms with E-state index in [1.54, 1.807) is 6.34 Å². The molecule has 1 aliphatic rings. The highest BCUT2D eigenvalue weighted by atomic mass is 35.5. The number of hydrogen-bond acceptors (Lipinski definition) is 5. The summed E-state index contributed by atoms with van der Waals surface area (Å²) in [6, 6.07) is 6.11. The molecule has 0 aliphatic heterocycles. The average molecular weight is 375 g/mol. The highest BCUT2D eigenvalue weighted by Crippen LogP contribution is 2.54. The predicted molar refractivity (Wildman–Crippen MR) is 101 cm³/mol. The van der Waals surface area contributed by atoms with E-state index in [1.165, 1.54) is 11.5 Å². The molecule has 0 saturated heterocycles. The standard InChI is InChI=1S/C18H19ClN4OS/c1-11-8-15(12(2)7-14(11)21-10-23(3)4)24-17-13(9-20)16(22-25-17)18(19)5-6-18/h7-8,10H,5-6H2,1-4H3. The number of hydrogen-bond donors (Lipinski definition) is 0. The first-order valence-electron chi connectivity index (χ1n) is 7.93. The lowest BCUT2D eigenvalue weighted by Gasteiger charge is -2.11. The number of ether oxygens (including phenoxy) is 1. The Morgan fingerprint density at radius 1 is 1.36 bits per heavy atom. The van der Waals surface area contributed by atoms with Crippen molar-refractivity contribution in [3.05, 3.63) is 34.5 Å². The Morgan fingerprint density at radius 2 is 2.08 bits per heavy atom. The fourth-order valence-electron chi connectivity index (χ4n) is 2.40. The number of rotatable bonds is 5. The van der Waals surface area contributed by atoms with Crippen molar-refractivity contribution >= 4 is 35.2 Å². The third-order valence-electron chi connectivity index (χ3n) is 4.01. The third-order valence-corrected chi connectivity index (χ3v) is 5.29. The molecule has 1 saturated carbocycles. The Labute approximate surface area is 156 Å². The Bertz CT molecular complexity index is 878. The lowest BCUT2D eigenvalue weighted by Crippen LogP contribution is -2.07. The summed E-state index contributed by atoms with van der Waals surface area (Å²) in [6.45, 7) is 3.94. The summed E-state index contributed by atoms with van der Waals surface area (Å²) in [4.78, 5) is 5.87. The molecule has 0 bridgehead atoms. The first kappa shape index (κ1) is 17.7. The number of benzene rings is 1. The van der Waals surface area contributed by atoms with Gasteiger partial charge in [-0.3, -0.25) is 0 Å². The molecule has 0 radical (unpaired) electrons. The van der Waals surface area contributed by atoms with Gasteiger partial charge in [-0.25, -0.2) is 4.99 Å². The van der Waals surface area contributed by atoms with Gasteiger partial charge in [0.15, 0.2) is 0 Å². The van der Waals surface area contributed by atoms with Crippen molar-refractivity contribution in [3.63, 3.8) is 0 Å². The van der Waals surface area contributed by atoms with E-state index < -0.39 is 4.87 Å². The minimum atomic E-state index is -0.473. The maximum absolute atomic E-state index is 9.50. The first-order chi connectivity index (χ1) is 11.8. The van der Waals surface area contributed by atoms with Crippen LogP contribution in [0.5, 0.6) is 10.8 Å². The van der Waals surface area contributed by atoms with Crippen molar-refractivity contribution in [2.24, 2.45) is 4.99 Å². The summed E-state index contributed by atoms with van der Waals surface area (Å²) in [6.07, 6.45) is 3.47. The molecule has 3 rings (SSSR count). The van der Waals surface area contributed by atoms with Gasteiger partial charge in [-0.2, -0.15) is 9.64 Å². The second kappa shape index (κ2) is 6.66. The number of aliphatic imine (C=N–C) groups is 1. The first-order valence-corrected chi connectivity index (χ1v) is 9.08. The van der Waals surface area contributed by atoms with Crippen LogP contribution >= 0.6 is 23.1 Å². The molecule has 25 heavy (non-hydrogen) atoms. The molecule has 1 fully saturated rings. The van der Waals surface area contributed by atoms with Crippen molar-refractivity contribution < 1.29 is 4.74 Å². The summed E-state index contributed by atoms with van der Waals surface area (Å²) in [7, 11) is 3.86. The van der Waals surface area contributed by atoms with Gasteiger partial charge in [-0.05, 0) is 49.9 Å². The highest BCUT2D eigenvalue weighted by Gasteiger charge is 2.47. The zero-order chi connectivity index (χ0) is 18.2. The largest absolute Gasteiger partial charge is 0.443 e. The lowest BCUT2D eigenvalue weighted by atomic mass is 10.1. The molecule has 1 aromatic heterocycles. The minimum absolute atomic E-state index is 0.448. The molecule has 0 atom stereocenters. The maximum Gasteiger partial charge on any atom is 0.218 e. The molecule has 0 amide bonds. The zero-order valence-corrected chi connectivity index (χ0v) is 16.2. The lowest BCUT2D eigenvalue weighted by molar-refractivity contribution is 0.490. The van der Waals surface area contributed by atoms with E-state index in [4.69, 9.17) is 16.3 Å². The number of alkyl halides is 1. The summed E-state index contributed by atoms with van der Waals surface area (Å²) in [5.74, 6) is 0.701. The highest BCUT2D eigenvalue weighted by molar-refractivity contribution is 7.08. The third kappa shape index (κ3) is 3.63. The van der Waals surface area contributed by atoms with Gasteiger partial charge in [0.05, 0.1) is 22.6 Å². The van der Waals surface area contributed by atoms with Crippen LogP contribution in [0.4, 0.5) is 5.69 Å². The molecule has 0 N–H and O–H groups in total. The molecule has 1 aromatic carbocycles. The molecule has 0 unspecified atom stereocenters. The van der Waals surface area contributed by atoms with Gasteiger partial charge < -0.3 is 9.64 Å². The van der Waals surface area contributed by atoms with Crippen molar-refractivity contribution in [2.75, 3.05) is 14.1 Å². The molecular formula is C18H19ClN4OS. The molecule has 1 heterocycles. The molecule has 130 valence electrons. The summed E-state index contributed by atoms with van der Waals surface area (Å²) in [5.41, 5.74) is 3.93. The number of nitriles is 1. The minimum Gasteiger partial charge on any atom is -0.443 e. The molecular weight excluding hydrogens is 356 g/mol. The average Bonchev–Trinajstić information content (AvgIpc) is 3.16. The fourth-order valence-corrected chi connectivity index (χ4v) is 3.48. The second-order valence-electron chi connectivity index (χ2n) is 6.49. The van der Waals surface area contributed by atoms with E-state index in [0.717, 1.165) is 29.7 Å². The number of aryl methyl sites for hydroxylation is 2. The van der Waals surface area contributed by atoms with Crippen LogP contribution < -0.4 is 4.74 Å². The molecule has 1 aliphatic carbocycles. The zero-order valence-electron chi connectivity index (χ0n) is 14.6. The van der Waals surface area contributed by atoms with Gasteiger partial charge >= 0.3 is 0 Å². The van der Waals surface area contributed by atoms with E-state index in [-0.39, 0.29) is 0 Å². The van der Waals surface area contributed by atoms with Gasteiger partial charge in [0.25, 0.3) is 0 Å². The summed E-state index contributed by atoms with van der Waals surface area (Å²) in [5, 5.41) is 10.00. The van der Waals surface area contributed by atoms with Crippen LogP contribution in [0, 0.1) is 25.2 Å². The van der Waals surface area contributed by atoms with E-state index in [1.807, 2.05) is 45.0 Å². The molecule has 0 spiro atoms. The van der Waals surface area contributed by atoms with Crippen molar-refractivity contribution in [1.82, 2.24) is 9.27 Å². The van der Waals surface area contributed by atoms with Crippen LogP contribution in [0.1, 0.15) is 35.2 Å². The van der Waals surface area contributed by atoms with Crippen LogP contribution in [0.25, 0.3) is 0 Å². The smallest absolute Gasteiger partial charge is 0.218 e. The Balaban J connectivity index is 1.90. The van der Waals surface area contributed by atoms with Crippen LogP contribution in [-0.2, 0) is 4.87 Å². The topological polar surface area (TPSA) is 61.5 Å². The van der Waals surface area contributed by atoms with E-state index in [9.17, 15) is 5.26 Å². The van der Waals surface area contributed by atoms with Gasteiger partial charge in [0.1, 0.15) is 17.4 Å². The summed E-state index contributed by atoms with van der Waals surface area (Å²) < 4.78 is 10.4. The fraction of sp³-hybridized carbons (Fsp3) is 0.389. The Kier molecular flexibility index (Phi) is 4.72. The molecule has 7 heteroatoms. The maximum atomic E-state index is 9.50. The Hall–Kier alpha value is -2.10. The number of halogens is 1.